The van der Waals surface area contributed by atoms with E-state index in [4.69, 9.17) is 12.2 Å². The molecule has 0 spiro atoms. The first-order valence-electron chi connectivity index (χ1n) is 9.75. The zero-order valence-electron chi connectivity index (χ0n) is 16.7. The molecule has 3 rings (SSSR count). The van der Waals surface area contributed by atoms with Crippen LogP contribution >= 0.6 is 12.2 Å². The lowest BCUT2D eigenvalue weighted by molar-refractivity contribution is 0.0697. The fraction of sp³-hybridized carbons (Fsp3) is 0.304. The van der Waals surface area contributed by atoms with Crippen LogP contribution in [0.4, 0.5) is 0 Å². The summed E-state index contributed by atoms with van der Waals surface area (Å²) >= 11 is 4.96. The average Bonchev–Trinajstić information content (AvgIpc) is 3.08. The van der Waals surface area contributed by atoms with Crippen LogP contribution in [0.3, 0.4) is 0 Å². The van der Waals surface area contributed by atoms with Crippen LogP contribution < -0.4 is 0 Å². The quantitative estimate of drug-likeness (QED) is 0.515. The molecule has 0 bridgehead atoms. The van der Waals surface area contributed by atoms with E-state index in [1.807, 2.05) is 41.1 Å². The third kappa shape index (κ3) is 5.35. The van der Waals surface area contributed by atoms with Crippen molar-refractivity contribution >= 4 is 23.6 Å². The van der Waals surface area contributed by atoms with Gasteiger partial charge in [0.15, 0.2) is 5.82 Å². The van der Waals surface area contributed by atoms with Crippen LogP contribution in [0, 0.1) is 5.92 Å². The summed E-state index contributed by atoms with van der Waals surface area (Å²) in [7, 11) is 0. The lowest BCUT2D eigenvalue weighted by Crippen LogP contribution is -2.08. The van der Waals surface area contributed by atoms with E-state index >= 15 is 0 Å². The van der Waals surface area contributed by atoms with Crippen LogP contribution in [-0.4, -0.2) is 31.2 Å². The number of hydrogen-bond acceptors (Lipinski definition) is 4. The third-order valence-corrected chi connectivity index (χ3v) is 4.92. The van der Waals surface area contributed by atoms with Crippen molar-refractivity contribution in [2.75, 3.05) is 0 Å². The number of carbonyl (C=O) groups is 1. The summed E-state index contributed by atoms with van der Waals surface area (Å²) in [6.07, 6.45) is 2.52. The first-order chi connectivity index (χ1) is 14.0. The van der Waals surface area contributed by atoms with Crippen molar-refractivity contribution in [1.82, 2.24) is 14.8 Å². The molecule has 5 nitrogen and oxygen atoms in total. The second kappa shape index (κ2) is 9.56. The van der Waals surface area contributed by atoms with E-state index in [0.717, 1.165) is 35.6 Å². The molecule has 0 aliphatic rings. The number of rotatable bonds is 9. The second-order valence-electron chi connectivity index (χ2n) is 7.45. The van der Waals surface area contributed by atoms with Crippen LogP contribution in [0.5, 0.6) is 0 Å². The molecule has 29 heavy (non-hydrogen) atoms. The highest BCUT2D eigenvalue weighted by Gasteiger charge is 2.13. The van der Waals surface area contributed by atoms with Gasteiger partial charge in [-0.05, 0) is 40.5 Å². The molecule has 0 aliphatic carbocycles. The molecule has 1 N–H and O–H groups in total. The van der Waals surface area contributed by atoms with Gasteiger partial charge < -0.3 is 5.11 Å². The minimum Gasteiger partial charge on any atom is -0.478 e. The molecule has 0 fully saturated rings. The Bertz CT molecular complexity index is 994. The summed E-state index contributed by atoms with van der Waals surface area (Å²) < 4.78 is 1.96. The molecule has 0 unspecified atom stereocenters. The number of hydrogen-bond donors (Lipinski definition) is 1. The number of carboxylic acid groups (broad SMARTS) is 1. The van der Waals surface area contributed by atoms with Gasteiger partial charge in [0.1, 0.15) is 5.82 Å². The Morgan fingerprint density at radius 1 is 1.17 bits per heavy atom. The normalized spacial score (nSPS) is 11.0. The maximum absolute atomic E-state index is 11.5. The van der Waals surface area contributed by atoms with Crippen molar-refractivity contribution in [3.05, 3.63) is 71.3 Å². The fourth-order valence-corrected chi connectivity index (χ4v) is 3.35. The largest absolute Gasteiger partial charge is 0.478 e. The zero-order valence-corrected chi connectivity index (χ0v) is 17.5. The molecular weight excluding hydrogens is 382 g/mol. The Kier molecular flexibility index (Phi) is 6.88. The second-order valence-corrected chi connectivity index (χ2v) is 7.79. The van der Waals surface area contributed by atoms with Gasteiger partial charge in [-0.25, -0.2) is 14.5 Å². The van der Waals surface area contributed by atoms with Crippen LogP contribution in [0.15, 0.2) is 48.5 Å². The first kappa shape index (κ1) is 20.9. The molecule has 1 heterocycles. The molecule has 0 saturated heterocycles. The van der Waals surface area contributed by atoms with Gasteiger partial charge in [-0.15, -0.1) is 0 Å². The molecule has 0 atom stereocenters. The lowest BCUT2D eigenvalue weighted by Gasteiger charge is -2.10. The highest BCUT2D eigenvalue weighted by molar-refractivity contribution is 7.78. The van der Waals surface area contributed by atoms with E-state index < -0.39 is 5.97 Å². The molecule has 2 aromatic carbocycles. The van der Waals surface area contributed by atoms with Gasteiger partial charge >= 0.3 is 5.97 Å². The number of aryl methyl sites for hydroxylation is 1. The maximum atomic E-state index is 11.5. The van der Waals surface area contributed by atoms with Crippen molar-refractivity contribution in [3.63, 3.8) is 0 Å². The first-order valence-corrected chi connectivity index (χ1v) is 10.2. The Labute approximate surface area is 176 Å². The summed E-state index contributed by atoms with van der Waals surface area (Å²) in [5.41, 5.74) is 2.99. The van der Waals surface area contributed by atoms with Crippen molar-refractivity contribution < 1.29 is 9.90 Å². The number of benzene rings is 2. The Hall–Kier alpha value is -2.86. The molecular formula is C23H25N3O2S. The van der Waals surface area contributed by atoms with Gasteiger partial charge in [-0.2, -0.15) is 5.10 Å². The highest BCUT2D eigenvalue weighted by atomic mass is 32.1. The molecule has 0 radical (unpaired) electrons. The minimum atomic E-state index is -0.923. The molecule has 150 valence electrons. The predicted molar refractivity (Wildman–Crippen MR) is 118 cm³/mol. The van der Waals surface area contributed by atoms with Crippen LogP contribution in [0.25, 0.3) is 11.1 Å². The lowest BCUT2D eigenvalue weighted by atomic mass is 9.99. The molecule has 0 saturated carbocycles. The number of carboxylic acids is 1. The topological polar surface area (TPSA) is 68.0 Å². The van der Waals surface area contributed by atoms with Crippen LogP contribution in [0.1, 0.15) is 47.8 Å². The van der Waals surface area contributed by atoms with E-state index in [1.165, 1.54) is 0 Å². The fourth-order valence-electron chi connectivity index (χ4n) is 3.20. The Morgan fingerprint density at radius 3 is 2.55 bits per heavy atom. The predicted octanol–water partition coefficient (Wildman–Crippen LogP) is 4.82. The summed E-state index contributed by atoms with van der Waals surface area (Å²) in [4.78, 5) is 16.1. The summed E-state index contributed by atoms with van der Waals surface area (Å²) in [5.74, 6) is 1.41. The van der Waals surface area contributed by atoms with E-state index in [9.17, 15) is 9.90 Å². The summed E-state index contributed by atoms with van der Waals surface area (Å²) in [6.45, 7) is 5.03. The van der Waals surface area contributed by atoms with Crippen molar-refractivity contribution in [2.45, 2.75) is 39.7 Å². The van der Waals surface area contributed by atoms with E-state index in [-0.39, 0.29) is 0 Å². The average molecular weight is 408 g/mol. The monoisotopic (exact) mass is 407 g/mol. The summed E-state index contributed by atoms with van der Waals surface area (Å²) in [5, 5.41) is 15.7. The Morgan fingerprint density at radius 2 is 1.90 bits per heavy atom. The van der Waals surface area contributed by atoms with Gasteiger partial charge in [-0.1, -0.05) is 68.5 Å². The van der Waals surface area contributed by atoms with Crippen molar-refractivity contribution in [3.8, 4) is 11.1 Å². The third-order valence-electron chi connectivity index (χ3n) is 4.76. The van der Waals surface area contributed by atoms with Gasteiger partial charge in [0.25, 0.3) is 0 Å². The molecule has 1 aromatic heterocycles. The number of aromatic nitrogens is 3. The van der Waals surface area contributed by atoms with E-state index in [0.29, 0.717) is 30.0 Å². The van der Waals surface area contributed by atoms with Crippen LogP contribution in [0.2, 0.25) is 0 Å². The number of aromatic carboxylic acids is 1. The maximum Gasteiger partial charge on any atom is 0.336 e. The molecule has 0 aliphatic heterocycles. The number of thiocarbonyl (C=S) groups is 1. The molecule has 0 amide bonds. The smallest absolute Gasteiger partial charge is 0.336 e. The zero-order chi connectivity index (χ0) is 20.8. The van der Waals surface area contributed by atoms with Crippen molar-refractivity contribution in [1.29, 1.82) is 0 Å². The standard InChI is InChI=1S/C23H25N3O2S/c1-16(2)7-12-22-24-21(13-14-29)25-26(22)15-17-8-10-18(11-9-17)19-5-3-4-6-20(19)23(27)28/h3-6,8-11,14,16H,7,12-13,15H2,1-2H3,(H,27,28). The van der Waals surface area contributed by atoms with Gasteiger partial charge in [0, 0.05) is 12.8 Å². The minimum absolute atomic E-state index is 0.303. The van der Waals surface area contributed by atoms with E-state index in [2.05, 4.69) is 23.9 Å². The molecule has 6 heteroatoms. The number of nitrogens with zero attached hydrogens (tertiary/aromatic N) is 3. The van der Waals surface area contributed by atoms with Crippen molar-refractivity contribution in [2.24, 2.45) is 5.92 Å². The highest BCUT2D eigenvalue weighted by Crippen LogP contribution is 2.24. The van der Waals surface area contributed by atoms with Crippen LogP contribution in [-0.2, 0) is 19.4 Å². The van der Waals surface area contributed by atoms with Gasteiger partial charge in [-0.3, -0.25) is 0 Å². The van der Waals surface area contributed by atoms with Gasteiger partial charge in [0.2, 0.25) is 0 Å². The van der Waals surface area contributed by atoms with E-state index in [1.54, 1.807) is 17.5 Å². The SMILES string of the molecule is CC(C)CCc1nc(CC=S)nn1Cc1ccc(-c2ccccc2C(=O)O)cc1. The Balaban J connectivity index is 1.83. The molecule has 3 aromatic rings. The summed E-state index contributed by atoms with van der Waals surface area (Å²) in [6, 6.07) is 15.0. The van der Waals surface area contributed by atoms with Gasteiger partial charge in [0.05, 0.1) is 12.1 Å².